The molecule has 4 heteroatoms. The van der Waals surface area contributed by atoms with Crippen LogP contribution in [-0.2, 0) is 0 Å². The van der Waals surface area contributed by atoms with Gasteiger partial charge in [0, 0.05) is 0 Å². The van der Waals surface area contributed by atoms with Crippen molar-refractivity contribution in [3.05, 3.63) is 30.3 Å². The van der Waals surface area contributed by atoms with Gasteiger partial charge in [0.05, 0.1) is 13.1 Å². The second kappa shape index (κ2) is 3.57. The molecular weight excluding hydrogens is 180 g/mol. The van der Waals surface area contributed by atoms with Crippen LogP contribution in [0, 0.1) is 0 Å². The SMILES string of the molecule is NC(=O)N1CC(Oc2ccccc2)C1. The average Bonchev–Trinajstić information content (AvgIpc) is 2.12. The third-order valence-electron chi connectivity index (χ3n) is 2.21. The van der Waals surface area contributed by atoms with Gasteiger partial charge in [0.25, 0.3) is 0 Å². The maximum absolute atomic E-state index is 10.7. The van der Waals surface area contributed by atoms with Gasteiger partial charge >= 0.3 is 6.03 Å². The molecule has 0 spiro atoms. The molecule has 0 saturated carbocycles. The van der Waals surface area contributed by atoms with Gasteiger partial charge in [-0.1, -0.05) is 18.2 Å². The fourth-order valence-corrected chi connectivity index (χ4v) is 1.38. The first-order valence-electron chi connectivity index (χ1n) is 4.52. The van der Waals surface area contributed by atoms with Crippen LogP contribution in [0.1, 0.15) is 0 Å². The minimum Gasteiger partial charge on any atom is -0.487 e. The summed E-state index contributed by atoms with van der Waals surface area (Å²) in [4.78, 5) is 12.2. The van der Waals surface area contributed by atoms with Crippen molar-refractivity contribution in [2.75, 3.05) is 13.1 Å². The van der Waals surface area contributed by atoms with Crippen molar-refractivity contribution in [1.82, 2.24) is 4.90 Å². The highest BCUT2D eigenvalue weighted by Crippen LogP contribution is 2.16. The fraction of sp³-hybridized carbons (Fsp3) is 0.300. The Bertz CT molecular complexity index is 320. The number of nitrogens with two attached hydrogens (primary N) is 1. The quantitative estimate of drug-likeness (QED) is 0.754. The van der Waals surface area contributed by atoms with E-state index in [-0.39, 0.29) is 12.1 Å². The summed E-state index contributed by atoms with van der Waals surface area (Å²) in [6.07, 6.45) is 0.0879. The molecule has 1 aliphatic rings. The number of urea groups is 1. The number of primary amides is 1. The van der Waals surface area contributed by atoms with Crippen LogP contribution in [0.5, 0.6) is 5.75 Å². The summed E-state index contributed by atoms with van der Waals surface area (Å²) < 4.78 is 5.58. The van der Waals surface area contributed by atoms with Gasteiger partial charge in [0.1, 0.15) is 11.9 Å². The lowest BCUT2D eigenvalue weighted by Crippen LogP contribution is -2.57. The Balaban J connectivity index is 1.82. The number of rotatable bonds is 2. The highest BCUT2D eigenvalue weighted by molar-refractivity contribution is 5.73. The Morgan fingerprint density at radius 3 is 2.57 bits per heavy atom. The second-order valence-corrected chi connectivity index (χ2v) is 3.30. The van der Waals surface area contributed by atoms with Crippen molar-refractivity contribution in [3.8, 4) is 5.75 Å². The summed E-state index contributed by atoms with van der Waals surface area (Å²) in [7, 11) is 0. The van der Waals surface area contributed by atoms with E-state index >= 15 is 0 Å². The first-order valence-corrected chi connectivity index (χ1v) is 4.52. The zero-order chi connectivity index (χ0) is 9.97. The van der Waals surface area contributed by atoms with Crippen molar-refractivity contribution in [3.63, 3.8) is 0 Å². The largest absolute Gasteiger partial charge is 0.487 e. The molecule has 2 rings (SSSR count). The summed E-state index contributed by atoms with van der Waals surface area (Å²) in [5, 5.41) is 0. The van der Waals surface area contributed by atoms with E-state index in [4.69, 9.17) is 10.5 Å². The fourth-order valence-electron chi connectivity index (χ4n) is 1.38. The van der Waals surface area contributed by atoms with Gasteiger partial charge in [-0.05, 0) is 12.1 Å². The van der Waals surface area contributed by atoms with Gasteiger partial charge in [-0.15, -0.1) is 0 Å². The van der Waals surface area contributed by atoms with Crippen molar-refractivity contribution in [2.45, 2.75) is 6.10 Å². The maximum atomic E-state index is 10.7. The molecule has 0 atom stereocenters. The summed E-state index contributed by atoms with van der Waals surface area (Å²) in [5.74, 6) is 0.835. The molecule has 0 unspecified atom stereocenters. The van der Waals surface area contributed by atoms with Gasteiger partial charge < -0.3 is 15.4 Å². The molecule has 4 nitrogen and oxygen atoms in total. The van der Waals surface area contributed by atoms with Crippen LogP contribution in [0.15, 0.2) is 30.3 Å². The van der Waals surface area contributed by atoms with E-state index in [0.717, 1.165) is 5.75 Å². The third-order valence-corrected chi connectivity index (χ3v) is 2.21. The second-order valence-electron chi connectivity index (χ2n) is 3.30. The number of para-hydroxylation sites is 1. The van der Waals surface area contributed by atoms with Gasteiger partial charge in [-0.2, -0.15) is 0 Å². The summed E-state index contributed by atoms with van der Waals surface area (Å²) >= 11 is 0. The molecule has 1 aliphatic heterocycles. The van der Waals surface area contributed by atoms with E-state index in [9.17, 15) is 4.79 Å². The number of benzene rings is 1. The minimum atomic E-state index is -0.377. The molecule has 0 radical (unpaired) electrons. The molecule has 2 N–H and O–H groups in total. The molecule has 1 saturated heterocycles. The summed E-state index contributed by atoms with van der Waals surface area (Å²) in [6.45, 7) is 1.18. The maximum Gasteiger partial charge on any atom is 0.315 e. The zero-order valence-corrected chi connectivity index (χ0v) is 7.72. The number of carbonyl (C=O) groups is 1. The molecule has 1 heterocycles. The number of amides is 2. The van der Waals surface area contributed by atoms with Gasteiger partial charge in [-0.3, -0.25) is 0 Å². The predicted molar refractivity (Wildman–Crippen MR) is 52.0 cm³/mol. The normalized spacial score (nSPS) is 16.1. The van der Waals surface area contributed by atoms with Crippen LogP contribution in [0.3, 0.4) is 0 Å². The van der Waals surface area contributed by atoms with Crippen LogP contribution in [0.25, 0.3) is 0 Å². The lowest BCUT2D eigenvalue weighted by atomic mass is 10.2. The average molecular weight is 192 g/mol. The molecule has 1 aromatic carbocycles. The Hall–Kier alpha value is -1.71. The standard InChI is InChI=1S/C10H12N2O2/c11-10(13)12-6-9(7-12)14-8-4-2-1-3-5-8/h1-5,9H,6-7H2,(H2,11,13). The van der Waals surface area contributed by atoms with Crippen molar-refractivity contribution in [1.29, 1.82) is 0 Å². The highest BCUT2D eigenvalue weighted by Gasteiger charge is 2.30. The molecule has 1 aromatic rings. The van der Waals surface area contributed by atoms with Crippen molar-refractivity contribution in [2.24, 2.45) is 5.73 Å². The van der Waals surface area contributed by atoms with E-state index in [1.807, 2.05) is 30.3 Å². The molecule has 0 aliphatic carbocycles. The number of hydrogen-bond acceptors (Lipinski definition) is 2. The molecule has 14 heavy (non-hydrogen) atoms. The first-order chi connectivity index (χ1) is 6.75. The van der Waals surface area contributed by atoms with E-state index in [1.54, 1.807) is 4.90 Å². The van der Waals surface area contributed by atoms with E-state index in [0.29, 0.717) is 13.1 Å². The van der Waals surface area contributed by atoms with Crippen LogP contribution in [-0.4, -0.2) is 30.1 Å². The zero-order valence-electron chi connectivity index (χ0n) is 7.72. The number of carbonyl (C=O) groups excluding carboxylic acids is 1. The smallest absolute Gasteiger partial charge is 0.315 e. The van der Waals surface area contributed by atoms with Gasteiger partial charge in [0.15, 0.2) is 0 Å². The Morgan fingerprint density at radius 1 is 1.36 bits per heavy atom. The number of hydrogen-bond donors (Lipinski definition) is 1. The molecule has 74 valence electrons. The summed E-state index contributed by atoms with van der Waals surface area (Å²) in [6, 6.07) is 9.18. The molecule has 1 fully saturated rings. The molecule has 0 aromatic heterocycles. The van der Waals surface area contributed by atoms with Crippen molar-refractivity contribution < 1.29 is 9.53 Å². The Kier molecular flexibility index (Phi) is 2.26. The van der Waals surface area contributed by atoms with Crippen LogP contribution in [0.4, 0.5) is 4.79 Å². The summed E-state index contributed by atoms with van der Waals surface area (Å²) in [5.41, 5.74) is 5.08. The first kappa shape index (κ1) is 8.87. The third kappa shape index (κ3) is 1.79. The van der Waals surface area contributed by atoms with Crippen molar-refractivity contribution >= 4 is 6.03 Å². The Labute approximate surface area is 82.3 Å². The van der Waals surface area contributed by atoms with E-state index in [1.165, 1.54) is 0 Å². The Morgan fingerprint density at radius 2 is 2.00 bits per heavy atom. The lowest BCUT2D eigenvalue weighted by molar-refractivity contribution is 0.0477. The van der Waals surface area contributed by atoms with Crippen LogP contribution in [0.2, 0.25) is 0 Å². The highest BCUT2D eigenvalue weighted by atomic mass is 16.5. The topological polar surface area (TPSA) is 55.6 Å². The van der Waals surface area contributed by atoms with E-state index in [2.05, 4.69) is 0 Å². The van der Waals surface area contributed by atoms with Crippen LogP contribution >= 0.6 is 0 Å². The lowest BCUT2D eigenvalue weighted by Gasteiger charge is -2.37. The molecular formula is C10H12N2O2. The number of likely N-dealkylation sites (tertiary alicyclic amines) is 1. The number of ether oxygens (including phenoxy) is 1. The monoisotopic (exact) mass is 192 g/mol. The molecule has 0 bridgehead atoms. The predicted octanol–water partition coefficient (Wildman–Crippen LogP) is 0.828. The van der Waals surface area contributed by atoms with Crippen LogP contribution < -0.4 is 10.5 Å². The minimum absolute atomic E-state index is 0.0879. The van der Waals surface area contributed by atoms with Gasteiger partial charge in [0.2, 0.25) is 0 Å². The van der Waals surface area contributed by atoms with Gasteiger partial charge in [-0.25, -0.2) is 4.79 Å². The number of nitrogens with zero attached hydrogens (tertiary/aromatic N) is 1. The van der Waals surface area contributed by atoms with E-state index < -0.39 is 0 Å². The molecule has 2 amide bonds.